The topological polar surface area (TPSA) is 102 Å². The number of hydroxylamine groups is 1. The number of hydrogen-bond acceptors (Lipinski definition) is 7. The number of hydrogen-bond donors (Lipinski definition) is 1. The van der Waals surface area contributed by atoms with Crippen LogP contribution in [0.3, 0.4) is 0 Å². The molecular weight excluding hydrogens is 476 g/mol. The van der Waals surface area contributed by atoms with Crippen LogP contribution in [0.5, 0.6) is 5.75 Å². The Morgan fingerprint density at radius 1 is 1.09 bits per heavy atom. The average molecular weight is 495 g/mol. The van der Waals surface area contributed by atoms with Gasteiger partial charge in [0.25, 0.3) is 15.9 Å². The van der Waals surface area contributed by atoms with Crippen molar-refractivity contribution < 1.29 is 27.6 Å². The Bertz CT molecular complexity index is 1210. The fourth-order valence-corrected chi connectivity index (χ4v) is 5.55. The first-order valence-corrected chi connectivity index (χ1v) is 11.9. The van der Waals surface area contributed by atoms with Crippen molar-refractivity contribution in [3.63, 3.8) is 0 Å². The number of amides is 1. The normalized spacial score (nSPS) is 11.0. The van der Waals surface area contributed by atoms with Crippen molar-refractivity contribution in [2.75, 3.05) is 18.0 Å². The Hall–Kier alpha value is -3.08. The molecule has 3 aromatic rings. The molecule has 0 unspecified atom stereocenters. The highest BCUT2D eigenvalue weighted by molar-refractivity contribution is 7.93. The summed E-state index contributed by atoms with van der Waals surface area (Å²) in [5, 5.41) is 0. The van der Waals surface area contributed by atoms with E-state index in [4.69, 9.17) is 21.2 Å². The Morgan fingerprint density at radius 3 is 2.38 bits per heavy atom. The molecule has 11 heteroatoms. The monoisotopic (exact) mass is 494 g/mol. The van der Waals surface area contributed by atoms with E-state index in [1.807, 2.05) is 12.4 Å². The van der Waals surface area contributed by atoms with E-state index in [2.05, 4.69) is 0 Å². The minimum atomic E-state index is -4.15. The molecule has 0 atom stereocenters. The second kappa shape index (κ2) is 10.0. The second-order valence-electron chi connectivity index (χ2n) is 6.33. The Kier molecular flexibility index (Phi) is 7.39. The quantitative estimate of drug-likeness (QED) is 0.495. The van der Waals surface area contributed by atoms with Gasteiger partial charge in [-0.1, -0.05) is 29.8 Å². The van der Waals surface area contributed by atoms with E-state index in [0.29, 0.717) is 18.0 Å². The highest BCUT2D eigenvalue weighted by Crippen LogP contribution is 2.33. The molecule has 3 rings (SSSR count). The number of rotatable bonds is 7. The number of halogens is 1. The van der Waals surface area contributed by atoms with Crippen molar-refractivity contribution in [2.45, 2.75) is 11.8 Å². The third kappa shape index (κ3) is 5.21. The third-order valence-corrected chi connectivity index (χ3v) is 7.47. The fourth-order valence-electron chi connectivity index (χ4n) is 2.67. The summed E-state index contributed by atoms with van der Waals surface area (Å²) in [6.07, 6.45) is 0. The molecule has 1 heterocycles. The maximum Gasteiger partial charge on any atom is 0.362 e. The van der Waals surface area contributed by atoms with Gasteiger partial charge in [-0.25, -0.2) is 13.2 Å². The molecule has 0 spiro atoms. The van der Waals surface area contributed by atoms with Crippen molar-refractivity contribution in [3.8, 4) is 5.75 Å². The number of ether oxygens (including phenoxy) is 1. The van der Waals surface area contributed by atoms with Gasteiger partial charge in [0, 0.05) is 7.05 Å². The third-order valence-electron chi connectivity index (χ3n) is 4.27. The molecule has 0 aliphatic rings. The summed E-state index contributed by atoms with van der Waals surface area (Å²) >= 11 is 6.77. The number of anilines is 1. The number of benzene rings is 2. The molecule has 2 aromatic carbocycles. The van der Waals surface area contributed by atoms with Crippen LogP contribution in [0.1, 0.15) is 27.0 Å². The molecule has 0 radical (unpaired) electrons. The number of carbonyl (C=O) groups excluding carboxylic acids is 2. The predicted octanol–water partition coefficient (Wildman–Crippen LogP) is 4.13. The van der Waals surface area contributed by atoms with Crippen LogP contribution in [0.2, 0.25) is 4.34 Å². The largest absolute Gasteiger partial charge is 0.494 e. The van der Waals surface area contributed by atoms with Gasteiger partial charge in [-0.05, 0) is 49.4 Å². The van der Waals surface area contributed by atoms with Crippen molar-refractivity contribution >= 4 is 50.5 Å². The zero-order chi connectivity index (χ0) is 23.3. The van der Waals surface area contributed by atoms with Crippen LogP contribution in [-0.2, 0) is 14.9 Å². The molecule has 0 saturated carbocycles. The zero-order valence-corrected chi connectivity index (χ0v) is 19.5. The summed E-state index contributed by atoms with van der Waals surface area (Å²) in [6, 6.07) is 15.6. The van der Waals surface area contributed by atoms with Crippen molar-refractivity contribution in [1.82, 2.24) is 5.48 Å². The van der Waals surface area contributed by atoms with Crippen molar-refractivity contribution in [1.29, 1.82) is 0 Å². The summed E-state index contributed by atoms with van der Waals surface area (Å²) in [5.74, 6) is -1.11. The molecule has 0 aliphatic carbocycles. The number of carbonyl (C=O) groups is 2. The SMILES string of the molecule is CCOc1ccc(N(C)S(=O)(=O)c2cc(Cl)sc2C(=O)NOC(=O)c2ccccc2)cc1. The molecule has 0 aliphatic heterocycles. The first-order chi connectivity index (χ1) is 15.2. The van der Waals surface area contributed by atoms with Crippen LogP contribution in [0.15, 0.2) is 65.6 Å². The molecule has 1 amide bonds. The Labute approximate surface area is 194 Å². The van der Waals surface area contributed by atoms with Crippen LogP contribution in [0, 0.1) is 0 Å². The first kappa shape index (κ1) is 23.6. The Morgan fingerprint density at radius 2 is 1.75 bits per heavy atom. The number of nitrogens with zero attached hydrogens (tertiary/aromatic N) is 1. The van der Waals surface area contributed by atoms with Gasteiger partial charge < -0.3 is 9.57 Å². The fraction of sp³-hybridized carbons (Fsp3) is 0.143. The van der Waals surface area contributed by atoms with E-state index in [0.717, 1.165) is 15.6 Å². The van der Waals surface area contributed by atoms with Crippen LogP contribution in [0.4, 0.5) is 5.69 Å². The molecule has 32 heavy (non-hydrogen) atoms. The average Bonchev–Trinajstić information content (AvgIpc) is 3.20. The molecule has 1 aromatic heterocycles. The molecule has 0 bridgehead atoms. The number of sulfonamides is 1. The first-order valence-electron chi connectivity index (χ1n) is 9.31. The van der Waals surface area contributed by atoms with Gasteiger partial charge in [-0.3, -0.25) is 9.10 Å². The molecule has 168 valence electrons. The van der Waals surface area contributed by atoms with E-state index in [9.17, 15) is 18.0 Å². The lowest BCUT2D eigenvalue weighted by Gasteiger charge is -2.20. The maximum absolute atomic E-state index is 13.2. The standard InChI is InChI=1S/C21H19ClN2O6S2/c1-3-29-16-11-9-15(10-12-16)24(2)32(27,28)17-13-18(22)31-19(17)20(25)23-30-21(26)14-7-5-4-6-8-14/h4-13H,3H2,1-2H3,(H,23,25). The molecule has 1 N–H and O–H groups in total. The lowest BCUT2D eigenvalue weighted by Crippen LogP contribution is -2.31. The summed E-state index contributed by atoms with van der Waals surface area (Å²) in [5.41, 5.74) is 2.57. The maximum atomic E-state index is 13.2. The van der Waals surface area contributed by atoms with E-state index in [-0.39, 0.29) is 19.7 Å². The second-order valence-corrected chi connectivity index (χ2v) is 9.95. The zero-order valence-electron chi connectivity index (χ0n) is 17.1. The predicted molar refractivity (Wildman–Crippen MR) is 122 cm³/mol. The van der Waals surface area contributed by atoms with Gasteiger partial charge >= 0.3 is 5.97 Å². The van der Waals surface area contributed by atoms with E-state index in [1.54, 1.807) is 42.5 Å². The minimum Gasteiger partial charge on any atom is -0.494 e. The molecule has 0 saturated heterocycles. The molecular formula is C21H19ClN2O6S2. The number of nitrogens with one attached hydrogen (secondary N) is 1. The summed E-state index contributed by atoms with van der Waals surface area (Å²) in [4.78, 5) is 28.9. The van der Waals surface area contributed by atoms with Gasteiger partial charge in [0.1, 0.15) is 15.5 Å². The van der Waals surface area contributed by atoms with Crippen molar-refractivity contribution in [2.24, 2.45) is 0 Å². The Balaban J connectivity index is 1.81. The summed E-state index contributed by atoms with van der Waals surface area (Å²) in [6.45, 7) is 2.32. The van der Waals surface area contributed by atoms with Crippen LogP contribution < -0.4 is 14.5 Å². The van der Waals surface area contributed by atoms with Crippen LogP contribution >= 0.6 is 22.9 Å². The minimum absolute atomic E-state index is 0.0863. The summed E-state index contributed by atoms with van der Waals surface area (Å²) < 4.78 is 32.9. The highest BCUT2D eigenvalue weighted by Gasteiger charge is 2.30. The molecule has 0 fully saturated rings. The van der Waals surface area contributed by atoms with Crippen LogP contribution in [0.25, 0.3) is 0 Å². The smallest absolute Gasteiger partial charge is 0.362 e. The van der Waals surface area contributed by atoms with Gasteiger partial charge in [0.05, 0.1) is 22.2 Å². The van der Waals surface area contributed by atoms with E-state index >= 15 is 0 Å². The summed E-state index contributed by atoms with van der Waals surface area (Å²) in [7, 11) is -2.79. The lowest BCUT2D eigenvalue weighted by atomic mass is 10.2. The molecule has 8 nitrogen and oxygen atoms in total. The van der Waals surface area contributed by atoms with E-state index in [1.165, 1.54) is 25.2 Å². The van der Waals surface area contributed by atoms with Gasteiger partial charge in [-0.2, -0.15) is 5.48 Å². The van der Waals surface area contributed by atoms with E-state index < -0.39 is 21.9 Å². The number of thiophene rings is 1. The van der Waals surface area contributed by atoms with Gasteiger partial charge in [-0.15, -0.1) is 11.3 Å². The van der Waals surface area contributed by atoms with Gasteiger partial charge in [0.2, 0.25) is 0 Å². The van der Waals surface area contributed by atoms with Gasteiger partial charge in [0.15, 0.2) is 0 Å². The highest BCUT2D eigenvalue weighted by atomic mass is 35.5. The lowest BCUT2D eigenvalue weighted by molar-refractivity contribution is 0.0231. The van der Waals surface area contributed by atoms with Crippen LogP contribution in [-0.4, -0.2) is 33.9 Å². The van der Waals surface area contributed by atoms with Crippen molar-refractivity contribution in [3.05, 3.63) is 75.4 Å².